The van der Waals surface area contributed by atoms with E-state index in [1.807, 2.05) is 12.1 Å². The molecule has 2 amide bonds. The number of rotatable bonds is 3. The van der Waals surface area contributed by atoms with Gasteiger partial charge >= 0.3 is 6.03 Å². The molecule has 0 fully saturated rings. The van der Waals surface area contributed by atoms with Crippen molar-refractivity contribution in [2.24, 2.45) is 0 Å². The van der Waals surface area contributed by atoms with Crippen LogP contribution in [0.1, 0.15) is 11.3 Å². The molecule has 0 unspecified atom stereocenters. The quantitative estimate of drug-likeness (QED) is 0.832. The second-order valence-electron chi connectivity index (χ2n) is 5.16. The fourth-order valence-corrected chi connectivity index (χ4v) is 2.91. The van der Waals surface area contributed by atoms with E-state index in [-0.39, 0.29) is 12.6 Å². The first-order valence-electron chi connectivity index (χ1n) is 7.11. The Morgan fingerprint density at radius 3 is 3.04 bits per heavy atom. The number of methoxy groups -OCH3 is 1. The summed E-state index contributed by atoms with van der Waals surface area (Å²) in [7, 11) is 1.48. The van der Waals surface area contributed by atoms with E-state index in [9.17, 15) is 9.18 Å². The molecule has 0 aliphatic carbocycles. The number of amides is 2. The lowest BCUT2D eigenvalue weighted by Crippen LogP contribution is -2.38. The van der Waals surface area contributed by atoms with Crippen molar-refractivity contribution in [3.63, 3.8) is 0 Å². The van der Waals surface area contributed by atoms with Crippen LogP contribution < -0.4 is 15.0 Å². The van der Waals surface area contributed by atoms with Gasteiger partial charge in [-0.3, -0.25) is 4.90 Å². The van der Waals surface area contributed by atoms with Crippen LogP contribution in [0.2, 0.25) is 0 Å². The third-order valence-electron chi connectivity index (χ3n) is 3.63. The van der Waals surface area contributed by atoms with E-state index in [0.29, 0.717) is 17.9 Å². The number of urea groups is 1. The smallest absolute Gasteiger partial charge is 0.322 e. The Bertz CT molecular complexity index is 754. The number of pyridine rings is 1. The van der Waals surface area contributed by atoms with E-state index >= 15 is 0 Å². The zero-order valence-corrected chi connectivity index (χ0v) is 14.1. The molecule has 0 bridgehead atoms. The maximum Gasteiger partial charge on any atom is 0.322 e. The van der Waals surface area contributed by atoms with Gasteiger partial charge in [-0.05, 0) is 45.8 Å². The molecule has 1 aliphatic rings. The van der Waals surface area contributed by atoms with Crippen molar-refractivity contribution >= 4 is 27.6 Å². The Balaban J connectivity index is 1.68. The molecule has 5 nitrogen and oxygen atoms in total. The van der Waals surface area contributed by atoms with Crippen LogP contribution in [0, 0.1) is 5.82 Å². The molecule has 120 valence electrons. The normalized spacial score (nSPS) is 12.9. The molecule has 0 saturated carbocycles. The minimum atomic E-state index is -0.394. The van der Waals surface area contributed by atoms with Gasteiger partial charge < -0.3 is 10.1 Å². The molecule has 0 spiro atoms. The number of nitrogens with one attached hydrogen (secondary N) is 1. The third-order valence-corrected chi connectivity index (χ3v) is 4.08. The number of carbonyl (C=O) groups excluding carboxylic acids is 1. The molecule has 1 aromatic carbocycles. The van der Waals surface area contributed by atoms with Crippen LogP contribution in [-0.2, 0) is 13.0 Å². The van der Waals surface area contributed by atoms with E-state index in [2.05, 4.69) is 26.2 Å². The Hall–Kier alpha value is -2.15. The summed E-state index contributed by atoms with van der Waals surface area (Å²) in [5.41, 5.74) is 2.34. The van der Waals surface area contributed by atoms with Gasteiger partial charge in [0.15, 0.2) is 0 Å². The van der Waals surface area contributed by atoms with Gasteiger partial charge in [0.25, 0.3) is 0 Å². The summed E-state index contributed by atoms with van der Waals surface area (Å²) in [6.07, 6.45) is 0.718. The first-order chi connectivity index (χ1) is 11.1. The van der Waals surface area contributed by atoms with E-state index in [1.165, 1.54) is 19.2 Å². The molecule has 2 heterocycles. The van der Waals surface area contributed by atoms with Gasteiger partial charge in [0.1, 0.15) is 16.2 Å². The molecule has 23 heavy (non-hydrogen) atoms. The van der Waals surface area contributed by atoms with Gasteiger partial charge in [0.05, 0.1) is 18.5 Å². The Labute approximate surface area is 141 Å². The monoisotopic (exact) mass is 379 g/mol. The molecule has 0 saturated heterocycles. The number of hydrogen-bond acceptors (Lipinski definition) is 3. The molecule has 0 atom stereocenters. The lowest BCUT2D eigenvalue weighted by molar-refractivity contribution is 0.246. The average Bonchev–Trinajstić information content (AvgIpc) is 2.95. The van der Waals surface area contributed by atoms with Crippen molar-refractivity contribution < 1.29 is 13.9 Å². The van der Waals surface area contributed by atoms with E-state index in [0.717, 1.165) is 22.4 Å². The summed E-state index contributed by atoms with van der Waals surface area (Å²) in [6, 6.07) is 7.81. The van der Waals surface area contributed by atoms with E-state index in [1.54, 1.807) is 11.0 Å². The molecule has 1 N–H and O–H groups in total. The first kappa shape index (κ1) is 15.7. The molecule has 3 rings (SSSR count). The predicted molar refractivity (Wildman–Crippen MR) is 88.2 cm³/mol. The SMILES string of the molecule is COc1cc(F)cc(CNC(=O)N2CCc3nc(Br)ccc32)c1. The van der Waals surface area contributed by atoms with E-state index in [4.69, 9.17) is 4.74 Å². The minimum Gasteiger partial charge on any atom is -0.497 e. The minimum absolute atomic E-state index is 0.225. The Morgan fingerprint density at radius 1 is 1.43 bits per heavy atom. The van der Waals surface area contributed by atoms with Gasteiger partial charge in [0, 0.05) is 25.6 Å². The number of nitrogens with zero attached hydrogens (tertiary/aromatic N) is 2. The van der Waals surface area contributed by atoms with Crippen molar-refractivity contribution in [2.45, 2.75) is 13.0 Å². The number of aromatic nitrogens is 1. The summed E-state index contributed by atoms with van der Waals surface area (Å²) in [5.74, 6) is 0.0315. The lowest BCUT2D eigenvalue weighted by atomic mass is 10.2. The molecular formula is C16H15BrFN3O2. The fourth-order valence-electron chi connectivity index (χ4n) is 2.56. The van der Waals surface area contributed by atoms with Crippen molar-refractivity contribution in [3.8, 4) is 5.75 Å². The third kappa shape index (κ3) is 3.44. The van der Waals surface area contributed by atoms with Crippen molar-refractivity contribution in [3.05, 3.63) is 52.0 Å². The number of anilines is 1. The summed E-state index contributed by atoms with van der Waals surface area (Å²) in [4.78, 5) is 18.4. The first-order valence-corrected chi connectivity index (χ1v) is 7.90. The predicted octanol–water partition coefficient (Wildman–Crippen LogP) is 3.26. The maximum atomic E-state index is 13.5. The highest BCUT2D eigenvalue weighted by Crippen LogP contribution is 2.27. The van der Waals surface area contributed by atoms with E-state index < -0.39 is 5.82 Å². The zero-order chi connectivity index (χ0) is 16.4. The number of fused-ring (bicyclic) bond motifs is 1. The van der Waals surface area contributed by atoms with Gasteiger partial charge in [-0.2, -0.15) is 0 Å². The average molecular weight is 380 g/mol. The van der Waals surface area contributed by atoms with Gasteiger partial charge in [-0.25, -0.2) is 14.2 Å². The lowest BCUT2D eigenvalue weighted by Gasteiger charge is -2.18. The second kappa shape index (κ2) is 6.54. The van der Waals surface area contributed by atoms with Crippen molar-refractivity contribution in [2.75, 3.05) is 18.6 Å². The topological polar surface area (TPSA) is 54.5 Å². The van der Waals surface area contributed by atoms with Crippen LogP contribution in [0.4, 0.5) is 14.9 Å². The Morgan fingerprint density at radius 2 is 2.26 bits per heavy atom. The summed E-state index contributed by atoms with van der Waals surface area (Å²) in [5, 5.41) is 2.80. The molecule has 1 aromatic heterocycles. The van der Waals surface area contributed by atoms with Gasteiger partial charge in [0.2, 0.25) is 0 Å². The number of carbonyl (C=O) groups is 1. The summed E-state index contributed by atoms with van der Waals surface area (Å²) >= 11 is 3.33. The standard InChI is InChI=1S/C16H15BrFN3O2/c1-23-12-7-10(6-11(18)8-12)9-19-16(22)21-5-4-13-14(21)2-3-15(17)20-13/h2-3,6-8H,4-5,9H2,1H3,(H,19,22). The van der Waals surface area contributed by atoms with Crippen LogP contribution in [0.25, 0.3) is 0 Å². The molecule has 0 radical (unpaired) electrons. The van der Waals surface area contributed by atoms with Gasteiger partial charge in [-0.15, -0.1) is 0 Å². The summed E-state index contributed by atoms with van der Waals surface area (Å²) < 4.78 is 19.2. The van der Waals surface area contributed by atoms with Crippen LogP contribution in [0.3, 0.4) is 0 Å². The van der Waals surface area contributed by atoms with Crippen LogP contribution in [0.15, 0.2) is 34.9 Å². The number of hydrogen-bond donors (Lipinski definition) is 1. The molecular weight excluding hydrogens is 365 g/mol. The fraction of sp³-hybridized carbons (Fsp3) is 0.250. The maximum absolute atomic E-state index is 13.5. The molecule has 1 aliphatic heterocycles. The van der Waals surface area contributed by atoms with Gasteiger partial charge in [-0.1, -0.05) is 0 Å². The van der Waals surface area contributed by atoms with Crippen molar-refractivity contribution in [1.29, 1.82) is 0 Å². The van der Waals surface area contributed by atoms with Crippen LogP contribution in [-0.4, -0.2) is 24.7 Å². The van der Waals surface area contributed by atoms with Crippen LogP contribution in [0.5, 0.6) is 5.75 Å². The highest BCUT2D eigenvalue weighted by molar-refractivity contribution is 9.10. The number of halogens is 2. The summed E-state index contributed by atoms with van der Waals surface area (Å²) in [6.45, 7) is 0.805. The highest BCUT2D eigenvalue weighted by atomic mass is 79.9. The number of ether oxygens (including phenoxy) is 1. The number of benzene rings is 1. The Kier molecular flexibility index (Phi) is 4.47. The molecule has 7 heteroatoms. The highest BCUT2D eigenvalue weighted by Gasteiger charge is 2.25. The zero-order valence-electron chi connectivity index (χ0n) is 12.5. The molecule has 2 aromatic rings. The van der Waals surface area contributed by atoms with Crippen molar-refractivity contribution in [1.82, 2.24) is 10.3 Å². The second-order valence-corrected chi connectivity index (χ2v) is 5.97. The largest absolute Gasteiger partial charge is 0.497 e. The van der Waals surface area contributed by atoms with Crippen LogP contribution >= 0.6 is 15.9 Å².